The molecular weight excluding hydrogens is 444 g/mol. The number of benzene rings is 2. The van der Waals surface area contributed by atoms with Gasteiger partial charge in [-0.3, -0.25) is 9.59 Å². The molecule has 172 valence electrons. The highest BCUT2D eigenvalue weighted by atomic mass is 32.2. The van der Waals surface area contributed by atoms with Crippen molar-refractivity contribution in [1.29, 1.82) is 0 Å². The number of fused-ring (bicyclic) bond motifs is 2. The van der Waals surface area contributed by atoms with Crippen molar-refractivity contribution in [2.24, 2.45) is 5.92 Å². The van der Waals surface area contributed by atoms with Gasteiger partial charge in [0, 0.05) is 18.0 Å². The first-order valence-corrected chi connectivity index (χ1v) is 11.4. The quantitative estimate of drug-likeness (QED) is 0.386. The minimum absolute atomic E-state index is 0.0797. The van der Waals surface area contributed by atoms with Gasteiger partial charge in [0.1, 0.15) is 17.5 Å². The highest BCUT2D eigenvalue weighted by molar-refractivity contribution is 7.99. The van der Waals surface area contributed by atoms with E-state index in [9.17, 15) is 19.5 Å². The molecule has 2 atom stereocenters. The summed E-state index contributed by atoms with van der Waals surface area (Å²) in [5.74, 6) is -0.723. The Hall–Kier alpha value is -3.30. The van der Waals surface area contributed by atoms with Crippen LogP contribution in [-0.4, -0.2) is 60.1 Å². The van der Waals surface area contributed by atoms with Crippen LogP contribution >= 0.6 is 11.8 Å². The van der Waals surface area contributed by atoms with Crippen molar-refractivity contribution in [3.05, 3.63) is 60.7 Å². The summed E-state index contributed by atoms with van der Waals surface area (Å²) >= 11 is 1.56. The lowest BCUT2D eigenvalue weighted by molar-refractivity contribution is -0.147. The Bertz CT molecular complexity index is 1090. The van der Waals surface area contributed by atoms with Crippen molar-refractivity contribution in [3.8, 4) is 11.5 Å². The highest BCUT2D eigenvalue weighted by Gasteiger charge is 2.39. The summed E-state index contributed by atoms with van der Waals surface area (Å²) in [7, 11) is 0. The van der Waals surface area contributed by atoms with E-state index in [2.05, 4.69) is 11.9 Å². The van der Waals surface area contributed by atoms with Gasteiger partial charge >= 0.3 is 5.97 Å². The summed E-state index contributed by atoms with van der Waals surface area (Å²) < 4.78 is 11.3. The monoisotopic (exact) mass is 468 g/mol. The maximum Gasteiger partial charge on any atom is 0.326 e. The number of para-hydroxylation sites is 1. The first-order valence-electron chi connectivity index (χ1n) is 10.5. The van der Waals surface area contributed by atoms with E-state index in [1.165, 1.54) is 4.90 Å². The van der Waals surface area contributed by atoms with E-state index in [4.69, 9.17) is 9.47 Å². The lowest BCUT2D eigenvalue weighted by Gasteiger charge is -2.22. The molecule has 2 amide bonds. The fourth-order valence-corrected chi connectivity index (χ4v) is 4.83. The van der Waals surface area contributed by atoms with E-state index in [1.54, 1.807) is 36.0 Å². The number of hydrogen-bond acceptors (Lipinski definition) is 6. The summed E-state index contributed by atoms with van der Waals surface area (Å²) in [6.45, 7) is 4.27. The second kappa shape index (κ2) is 10.1. The Morgan fingerprint density at radius 1 is 1.21 bits per heavy atom. The largest absolute Gasteiger partial charge is 0.480 e. The molecule has 2 heterocycles. The second-order valence-electron chi connectivity index (χ2n) is 7.82. The van der Waals surface area contributed by atoms with Crippen LogP contribution in [0.15, 0.2) is 64.9 Å². The molecule has 9 heteroatoms. The van der Waals surface area contributed by atoms with E-state index >= 15 is 0 Å². The Morgan fingerprint density at radius 3 is 2.79 bits per heavy atom. The topological polar surface area (TPSA) is 105 Å². The van der Waals surface area contributed by atoms with Crippen LogP contribution in [0.25, 0.3) is 0 Å². The zero-order valence-corrected chi connectivity index (χ0v) is 18.7. The maximum atomic E-state index is 12.7. The zero-order valence-electron chi connectivity index (χ0n) is 17.9. The summed E-state index contributed by atoms with van der Waals surface area (Å²) in [4.78, 5) is 40.2. The van der Waals surface area contributed by atoms with Crippen LogP contribution in [-0.2, 0) is 14.3 Å². The molecule has 0 saturated carbocycles. The van der Waals surface area contributed by atoms with Crippen LogP contribution < -0.4 is 10.1 Å². The van der Waals surface area contributed by atoms with Crippen molar-refractivity contribution in [3.63, 3.8) is 0 Å². The van der Waals surface area contributed by atoms with E-state index in [0.717, 1.165) is 15.5 Å². The molecule has 33 heavy (non-hydrogen) atoms. The standard InChI is InChI=1S/C24H24N2O6S/c1-2-9-31-14-15-10-17(24(29)30)26(13-15)22(27)12-25-23(28)16-7-8-21-19(11-16)32-18-5-3-4-6-20(18)33-21/h2-8,11,15,17H,1,9-10,12-14H2,(H,25,28)(H,29,30)/t15?,17-/m0/s1. The molecule has 2 aromatic rings. The van der Waals surface area contributed by atoms with Crippen LogP contribution in [0.5, 0.6) is 11.5 Å². The first-order chi connectivity index (χ1) is 16.0. The average Bonchev–Trinajstić information content (AvgIpc) is 3.25. The van der Waals surface area contributed by atoms with Crippen LogP contribution in [0, 0.1) is 5.92 Å². The smallest absolute Gasteiger partial charge is 0.326 e. The maximum absolute atomic E-state index is 12.7. The molecule has 2 aromatic carbocycles. The molecule has 4 rings (SSSR count). The van der Waals surface area contributed by atoms with Gasteiger partial charge in [-0.1, -0.05) is 30.0 Å². The lowest BCUT2D eigenvalue weighted by Crippen LogP contribution is -2.45. The third-order valence-electron chi connectivity index (χ3n) is 5.48. The third kappa shape index (κ3) is 5.20. The molecule has 2 N–H and O–H groups in total. The minimum Gasteiger partial charge on any atom is -0.480 e. The lowest BCUT2D eigenvalue weighted by atomic mass is 10.1. The molecule has 1 unspecified atom stereocenters. The number of ether oxygens (including phenoxy) is 2. The number of likely N-dealkylation sites (tertiary alicyclic amines) is 1. The number of carbonyl (C=O) groups is 3. The van der Waals surface area contributed by atoms with Crippen molar-refractivity contribution in [1.82, 2.24) is 10.2 Å². The fourth-order valence-electron chi connectivity index (χ4n) is 3.90. The Labute approximate surface area is 195 Å². The van der Waals surface area contributed by atoms with E-state index in [0.29, 0.717) is 30.9 Å². The number of nitrogens with one attached hydrogen (secondary N) is 1. The van der Waals surface area contributed by atoms with Crippen molar-refractivity contribution < 1.29 is 29.0 Å². The number of amides is 2. The molecule has 1 fully saturated rings. The van der Waals surface area contributed by atoms with E-state index in [-0.39, 0.29) is 19.0 Å². The van der Waals surface area contributed by atoms with Gasteiger partial charge in [0.15, 0.2) is 0 Å². The predicted octanol–water partition coefficient (Wildman–Crippen LogP) is 3.18. The number of nitrogens with zero attached hydrogens (tertiary/aromatic N) is 1. The first kappa shape index (κ1) is 22.9. The molecule has 0 bridgehead atoms. The Balaban J connectivity index is 1.36. The highest BCUT2D eigenvalue weighted by Crippen LogP contribution is 2.46. The Kier molecular flexibility index (Phi) is 7.00. The molecule has 2 aliphatic heterocycles. The number of carbonyl (C=O) groups excluding carboxylic acids is 2. The molecule has 0 spiro atoms. The molecule has 2 aliphatic rings. The van der Waals surface area contributed by atoms with Gasteiger partial charge < -0.3 is 24.8 Å². The number of hydrogen-bond donors (Lipinski definition) is 2. The van der Waals surface area contributed by atoms with Crippen LogP contribution in [0.2, 0.25) is 0 Å². The molecule has 0 aliphatic carbocycles. The number of rotatable bonds is 8. The zero-order chi connectivity index (χ0) is 23.4. The van der Waals surface area contributed by atoms with E-state index < -0.39 is 23.8 Å². The van der Waals surface area contributed by atoms with Gasteiger partial charge in [-0.05, 0) is 36.8 Å². The van der Waals surface area contributed by atoms with Crippen LogP contribution in [0.4, 0.5) is 0 Å². The summed E-state index contributed by atoms with van der Waals surface area (Å²) in [6, 6.07) is 11.8. The van der Waals surface area contributed by atoms with Gasteiger partial charge in [0.2, 0.25) is 5.91 Å². The van der Waals surface area contributed by atoms with Crippen LogP contribution in [0.1, 0.15) is 16.8 Å². The number of aliphatic carboxylic acids is 1. The summed E-state index contributed by atoms with van der Waals surface area (Å²) in [5, 5.41) is 12.1. The minimum atomic E-state index is -1.06. The molecule has 1 saturated heterocycles. The molecular formula is C24H24N2O6S. The van der Waals surface area contributed by atoms with Gasteiger partial charge in [-0.25, -0.2) is 4.79 Å². The third-order valence-corrected chi connectivity index (χ3v) is 6.59. The molecule has 8 nitrogen and oxygen atoms in total. The van der Waals surface area contributed by atoms with Crippen molar-refractivity contribution in [2.45, 2.75) is 22.3 Å². The van der Waals surface area contributed by atoms with E-state index in [1.807, 2.05) is 24.3 Å². The molecule has 0 radical (unpaired) electrons. The SMILES string of the molecule is C=CCOCC1C[C@@H](C(=O)O)N(C(=O)CNC(=O)c2ccc3c(c2)Oc2ccccc2S3)C1. The van der Waals surface area contributed by atoms with Gasteiger partial charge in [0.05, 0.1) is 29.5 Å². The second-order valence-corrected chi connectivity index (χ2v) is 8.91. The molecule has 0 aromatic heterocycles. The van der Waals surface area contributed by atoms with Gasteiger partial charge in [-0.15, -0.1) is 6.58 Å². The number of carboxylic acids is 1. The van der Waals surface area contributed by atoms with Gasteiger partial charge in [-0.2, -0.15) is 0 Å². The van der Waals surface area contributed by atoms with Crippen LogP contribution in [0.3, 0.4) is 0 Å². The number of carboxylic acid groups (broad SMARTS) is 1. The van der Waals surface area contributed by atoms with Crippen molar-refractivity contribution in [2.75, 3.05) is 26.3 Å². The fraction of sp³-hybridized carbons (Fsp3) is 0.292. The predicted molar refractivity (Wildman–Crippen MR) is 122 cm³/mol. The normalized spacial score (nSPS) is 18.6. The average molecular weight is 469 g/mol. The van der Waals surface area contributed by atoms with Crippen molar-refractivity contribution >= 4 is 29.5 Å². The van der Waals surface area contributed by atoms with Gasteiger partial charge in [0.25, 0.3) is 5.91 Å². The summed E-state index contributed by atoms with van der Waals surface area (Å²) in [6.07, 6.45) is 1.93. The Morgan fingerprint density at radius 2 is 2.00 bits per heavy atom. The summed E-state index contributed by atoms with van der Waals surface area (Å²) in [5.41, 5.74) is 0.355.